The molecule has 2 rings (SSSR count). The Morgan fingerprint density at radius 3 is 1.52 bits per heavy atom. The zero-order valence-corrected chi connectivity index (χ0v) is 23.1. The van der Waals surface area contributed by atoms with Crippen molar-refractivity contribution >= 4 is 29.5 Å². The number of hydrogen-bond donors (Lipinski definition) is 0. The second-order valence-electron chi connectivity index (χ2n) is 7.73. The molecular formula is C22H37CoF2OP3+2. The van der Waals surface area contributed by atoms with Gasteiger partial charge in [0.15, 0.2) is 0 Å². The smallest absolute Gasteiger partial charge is 0.125 e. The van der Waals surface area contributed by atoms with Crippen LogP contribution in [-0.4, -0.2) is 65.8 Å². The van der Waals surface area contributed by atoms with E-state index in [4.69, 9.17) is 0 Å². The van der Waals surface area contributed by atoms with Crippen molar-refractivity contribution in [2.75, 3.05) is 60.0 Å². The van der Waals surface area contributed by atoms with Crippen LogP contribution in [-0.2, 0) is 16.8 Å². The third-order valence-corrected chi connectivity index (χ3v) is 2.14. The van der Waals surface area contributed by atoms with Crippen LogP contribution in [0.15, 0.2) is 42.5 Å². The minimum atomic E-state index is -0.592. The zero-order valence-electron chi connectivity index (χ0n) is 19.0. The molecule has 1 nitrogen and oxygen atoms in total. The summed E-state index contributed by atoms with van der Waals surface area (Å²) in [5.41, 5.74) is 0.108. The molecule has 0 unspecified atom stereocenters. The number of hydrogen-bond acceptors (Lipinski definition) is 1. The summed E-state index contributed by atoms with van der Waals surface area (Å²) in [5, 5.41) is 0. The van der Waals surface area contributed by atoms with Crippen LogP contribution in [0.25, 0.3) is 0 Å². The van der Waals surface area contributed by atoms with E-state index in [-0.39, 0.29) is 51.7 Å². The Labute approximate surface area is 190 Å². The van der Waals surface area contributed by atoms with Crippen LogP contribution in [0, 0.1) is 17.7 Å². The zero-order chi connectivity index (χ0) is 22.3. The molecule has 2 aromatic rings. The molecule has 7 heteroatoms. The maximum absolute atomic E-state index is 13.3. The third-order valence-electron chi connectivity index (χ3n) is 2.14. The van der Waals surface area contributed by atoms with Gasteiger partial charge in [0, 0.05) is 88.1 Å². The Morgan fingerprint density at radius 1 is 0.759 bits per heavy atom. The van der Waals surface area contributed by atoms with Crippen molar-refractivity contribution in [1.82, 2.24) is 0 Å². The molecule has 167 valence electrons. The van der Waals surface area contributed by atoms with Crippen LogP contribution in [0.2, 0.25) is 0 Å². The minimum Gasteiger partial charge on any atom is -0.346 e. The van der Waals surface area contributed by atoms with Gasteiger partial charge < -0.3 is 4.79 Å². The summed E-state index contributed by atoms with van der Waals surface area (Å²) in [5.74, 6) is -1.58. The van der Waals surface area contributed by atoms with Crippen LogP contribution in [0.3, 0.4) is 0 Å². The molecule has 2 aromatic carbocycles. The Balaban J connectivity index is -0.000000434. The van der Waals surface area contributed by atoms with Crippen LogP contribution in [0.1, 0.15) is 15.9 Å². The number of carbonyl (C=O) groups excluding carboxylic acids is 1. The van der Waals surface area contributed by atoms with Crippen molar-refractivity contribution in [3.05, 3.63) is 71.3 Å². The van der Waals surface area contributed by atoms with Crippen molar-refractivity contribution in [3.63, 3.8) is 0 Å². The van der Waals surface area contributed by atoms with E-state index in [2.05, 4.69) is 66.0 Å². The normalized spacial score (nSPS) is 9.31. The quantitative estimate of drug-likeness (QED) is 0.266. The molecule has 0 spiro atoms. The van der Waals surface area contributed by atoms with E-state index < -0.39 is 17.4 Å². The van der Waals surface area contributed by atoms with E-state index in [0.29, 0.717) is 0 Å². The predicted molar refractivity (Wildman–Crippen MR) is 133 cm³/mol. The third kappa shape index (κ3) is 22.3. The molecule has 29 heavy (non-hydrogen) atoms. The molecule has 0 N–H and O–H groups in total. The predicted octanol–water partition coefficient (Wildman–Crippen LogP) is 6.26. The molecule has 0 atom stereocenters. The van der Waals surface area contributed by atoms with Crippen molar-refractivity contribution in [1.29, 1.82) is 0 Å². The fourth-order valence-corrected chi connectivity index (χ4v) is 1.34. The van der Waals surface area contributed by atoms with Crippen LogP contribution in [0.4, 0.5) is 8.78 Å². The average molecular weight is 507 g/mol. The van der Waals surface area contributed by atoms with Gasteiger partial charge in [0.1, 0.15) is 11.6 Å². The Hall–Kier alpha value is -0.234. The van der Waals surface area contributed by atoms with Gasteiger partial charge in [-0.2, -0.15) is 0 Å². The first-order chi connectivity index (χ1) is 12.9. The van der Waals surface area contributed by atoms with Crippen molar-refractivity contribution < 1.29 is 30.4 Å². The van der Waals surface area contributed by atoms with E-state index in [9.17, 15) is 13.6 Å². The molecule has 0 aliphatic rings. The fraction of sp³-hybridized carbons (Fsp3) is 0.409. The molecule has 0 saturated carbocycles. The van der Waals surface area contributed by atoms with Gasteiger partial charge in [0.05, 0.1) is 0 Å². The van der Waals surface area contributed by atoms with E-state index in [1.807, 2.05) is 0 Å². The van der Waals surface area contributed by atoms with Gasteiger partial charge in [-0.05, 0) is 29.8 Å². The van der Waals surface area contributed by atoms with E-state index in [0.717, 1.165) is 12.1 Å². The van der Waals surface area contributed by atoms with E-state index in [1.165, 1.54) is 24.3 Å². The maximum atomic E-state index is 13.3. The molecule has 0 heterocycles. The largest absolute Gasteiger partial charge is 0.346 e. The minimum absolute atomic E-state index is 0. The fourth-order valence-electron chi connectivity index (χ4n) is 1.34. The first-order valence-corrected chi connectivity index (χ1v) is 18.1. The summed E-state index contributed by atoms with van der Waals surface area (Å²) in [6, 6.07) is 11.6. The Kier molecular flexibility index (Phi) is 22.7. The summed E-state index contributed by atoms with van der Waals surface area (Å²) >= 11 is 0. The van der Waals surface area contributed by atoms with E-state index in [1.54, 1.807) is 6.07 Å². The first kappa shape index (κ1) is 33.4. The summed E-state index contributed by atoms with van der Waals surface area (Å²) in [4.78, 5) is 11.8. The molecule has 0 bridgehead atoms. The Morgan fingerprint density at radius 2 is 1.17 bits per heavy atom. The van der Waals surface area contributed by atoms with Crippen LogP contribution >= 0.6 is 23.8 Å². The summed E-state index contributed by atoms with van der Waals surface area (Å²) < 4.78 is 25.9. The molecule has 0 saturated heterocycles. The molecule has 0 aliphatic carbocycles. The van der Waals surface area contributed by atoms with Crippen molar-refractivity contribution in [2.24, 2.45) is 0 Å². The first-order valence-electron chi connectivity index (χ1n) is 9.15. The molecular weight excluding hydrogens is 470 g/mol. The molecule has 0 amide bonds. The van der Waals surface area contributed by atoms with Gasteiger partial charge in [-0.1, -0.05) is 18.2 Å². The topological polar surface area (TPSA) is 17.1 Å². The van der Waals surface area contributed by atoms with Gasteiger partial charge in [-0.3, -0.25) is 4.39 Å². The number of halogens is 2. The Bertz CT molecular complexity index is 641. The summed E-state index contributed by atoms with van der Waals surface area (Å²) in [6.07, 6.45) is 0. The SMILES string of the molecule is C[PH+](C)C.C[PH+](C)C.C[PH+](C)C.O=C(c1[c-]cc(F)cc1)c1ccccc1F.[Co]. The number of ketones is 1. The van der Waals surface area contributed by atoms with E-state index >= 15 is 0 Å². The molecule has 1 radical (unpaired) electrons. The van der Waals surface area contributed by atoms with Crippen molar-refractivity contribution in [3.8, 4) is 0 Å². The van der Waals surface area contributed by atoms with Crippen LogP contribution in [0.5, 0.6) is 0 Å². The van der Waals surface area contributed by atoms with Gasteiger partial charge >= 0.3 is 0 Å². The van der Waals surface area contributed by atoms with Gasteiger partial charge in [-0.15, -0.1) is 29.8 Å². The maximum Gasteiger partial charge on any atom is 0.125 e. The second-order valence-corrected chi connectivity index (χ2v) is 16.7. The van der Waals surface area contributed by atoms with Gasteiger partial charge in [0.2, 0.25) is 0 Å². The molecule has 0 fully saturated rings. The summed E-state index contributed by atoms with van der Waals surface area (Å²) in [6.45, 7) is 20.4. The van der Waals surface area contributed by atoms with Gasteiger partial charge in [0.25, 0.3) is 0 Å². The van der Waals surface area contributed by atoms with Crippen LogP contribution < -0.4 is 0 Å². The van der Waals surface area contributed by atoms with Crippen molar-refractivity contribution in [2.45, 2.75) is 0 Å². The summed E-state index contributed by atoms with van der Waals surface area (Å²) in [7, 11) is 0.361. The number of carbonyl (C=O) groups is 1. The van der Waals surface area contributed by atoms with Gasteiger partial charge in [-0.25, -0.2) is 4.39 Å². The standard InChI is InChI=1S/C13H7F2O.3C3H9P.Co/c14-10-7-5-9(6-8-10)13(16)11-3-1-2-4-12(11)15;3*1-4(2)3;/h1-5,7-8H;3*1-3H3;/q-1;;;;/p+3. The second kappa shape index (κ2) is 19.7. The average Bonchev–Trinajstić information content (AvgIpc) is 2.54. The monoisotopic (exact) mass is 507 g/mol. The number of rotatable bonds is 2. The number of benzene rings is 2. The molecule has 0 aromatic heterocycles. The molecule has 0 aliphatic heterocycles.